The molecular formula is C16H12FN. The molecule has 0 aliphatic heterocycles. The van der Waals surface area contributed by atoms with Gasteiger partial charge in [0.1, 0.15) is 5.82 Å². The molecule has 2 aromatic carbocycles. The summed E-state index contributed by atoms with van der Waals surface area (Å²) in [6.45, 7) is 1.88. The maximum Gasteiger partial charge on any atom is 0.131 e. The Bertz CT molecular complexity index is 618. The van der Waals surface area contributed by atoms with Gasteiger partial charge < -0.3 is 0 Å². The molecule has 0 aromatic heterocycles. The van der Waals surface area contributed by atoms with Gasteiger partial charge in [-0.25, -0.2) is 4.39 Å². The molecule has 1 nitrogen and oxygen atoms in total. The van der Waals surface area contributed by atoms with E-state index < -0.39 is 0 Å². The second-order valence-electron chi connectivity index (χ2n) is 4.01. The van der Waals surface area contributed by atoms with Gasteiger partial charge >= 0.3 is 0 Å². The first-order valence-corrected chi connectivity index (χ1v) is 5.64. The summed E-state index contributed by atoms with van der Waals surface area (Å²) in [5.41, 5.74) is 3.29. The topological polar surface area (TPSA) is 23.8 Å². The third-order valence-electron chi connectivity index (χ3n) is 2.81. The predicted molar refractivity (Wildman–Crippen MR) is 71.1 cm³/mol. The zero-order chi connectivity index (χ0) is 13.0. The number of hydrogen-bond acceptors (Lipinski definition) is 1. The van der Waals surface area contributed by atoms with E-state index in [9.17, 15) is 4.39 Å². The number of nitrogens with zero attached hydrogens (tertiary/aromatic N) is 1. The highest BCUT2D eigenvalue weighted by Crippen LogP contribution is 2.24. The van der Waals surface area contributed by atoms with Crippen LogP contribution in [0.5, 0.6) is 0 Å². The van der Waals surface area contributed by atoms with Gasteiger partial charge in [0.15, 0.2) is 0 Å². The molecule has 0 saturated heterocycles. The fourth-order valence-electron chi connectivity index (χ4n) is 1.79. The Morgan fingerprint density at radius 1 is 1.11 bits per heavy atom. The Hall–Kier alpha value is -2.40. The molecule has 2 heteroatoms. The van der Waals surface area contributed by atoms with Crippen LogP contribution in [0.25, 0.3) is 16.7 Å². The van der Waals surface area contributed by atoms with Crippen LogP contribution in [0, 0.1) is 17.1 Å². The van der Waals surface area contributed by atoms with E-state index in [0.29, 0.717) is 5.56 Å². The first-order valence-electron chi connectivity index (χ1n) is 5.64. The zero-order valence-corrected chi connectivity index (χ0v) is 10.0. The highest BCUT2D eigenvalue weighted by molar-refractivity contribution is 5.70. The van der Waals surface area contributed by atoms with Crippen molar-refractivity contribution in [2.45, 2.75) is 6.92 Å². The molecule has 0 heterocycles. The quantitative estimate of drug-likeness (QED) is 0.709. The van der Waals surface area contributed by atoms with Crippen LogP contribution in [0.1, 0.15) is 12.5 Å². The summed E-state index contributed by atoms with van der Waals surface area (Å²) >= 11 is 0. The molecule has 0 N–H and O–H groups in total. The SMILES string of the molecule is C/C(=C/C#N)c1ccc(-c2ccccc2F)cc1. The molecule has 88 valence electrons. The van der Waals surface area contributed by atoms with E-state index in [4.69, 9.17) is 5.26 Å². The summed E-state index contributed by atoms with van der Waals surface area (Å²) in [6, 6.07) is 16.2. The van der Waals surface area contributed by atoms with Crippen LogP contribution in [-0.2, 0) is 0 Å². The second kappa shape index (κ2) is 5.29. The highest BCUT2D eigenvalue weighted by Gasteiger charge is 2.03. The average Bonchev–Trinajstić information content (AvgIpc) is 2.40. The van der Waals surface area contributed by atoms with Gasteiger partial charge in [-0.3, -0.25) is 0 Å². The summed E-state index contributed by atoms with van der Waals surface area (Å²) in [7, 11) is 0. The van der Waals surface area contributed by atoms with Gasteiger partial charge in [-0.15, -0.1) is 0 Å². The van der Waals surface area contributed by atoms with Crippen molar-refractivity contribution in [2.24, 2.45) is 0 Å². The summed E-state index contributed by atoms with van der Waals surface area (Å²) in [5, 5.41) is 8.59. The van der Waals surface area contributed by atoms with Crippen molar-refractivity contribution in [1.82, 2.24) is 0 Å². The lowest BCUT2D eigenvalue weighted by Gasteiger charge is -2.05. The Labute approximate surface area is 106 Å². The van der Waals surface area contributed by atoms with Crippen molar-refractivity contribution in [3.05, 3.63) is 66.0 Å². The number of hydrogen-bond donors (Lipinski definition) is 0. The summed E-state index contributed by atoms with van der Waals surface area (Å²) in [4.78, 5) is 0. The van der Waals surface area contributed by atoms with Gasteiger partial charge in [0.2, 0.25) is 0 Å². The van der Waals surface area contributed by atoms with E-state index >= 15 is 0 Å². The zero-order valence-electron chi connectivity index (χ0n) is 10.0. The summed E-state index contributed by atoms with van der Waals surface area (Å²) in [5.74, 6) is -0.227. The van der Waals surface area contributed by atoms with Crippen LogP contribution in [-0.4, -0.2) is 0 Å². The van der Waals surface area contributed by atoms with Gasteiger partial charge in [0.25, 0.3) is 0 Å². The van der Waals surface area contributed by atoms with Crippen LogP contribution in [0.3, 0.4) is 0 Å². The monoisotopic (exact) mass is 237 g/mol. The molecule has 2 rings (SSSR count). The molecule has 0 saturated carbocycles. The predicted octanol–water partition coefficient (Wildman–Crippen LogP) is 4.42. The first-order chi connectivity index (χ1) is 8.72. The maximum atomic E-state index is 13.6. The summed E-state index contributed by atoms with van der Waals surface area (Å²) in [6.07, 6.45) is 1.50. The molecular weight excluding hydrogens is 225 g/mol. The van der Waals surface area contributed by atoms with Crippen LogP contribution < -0.4 is 0 Å². The van der Waals surface area contributed by atoms with E-state index in [1.807, 2.05) is 43.3 Å². The molecule has 2 aromatic rings. The number of benzene rings is 2. The molecule has 0 amide bonds. The van der Waals surface area contributed by atoms with Gasteiger partial charge in [-0.2, -0.15) is 5.26 Å². The van der Waals surface area contributed by atoms with E-state index in [0.717, 1.165) is 16.7 Å². The average molecular weight is 237 g/mol. The van der Waals surface area contributed by atoms with Crippen molar-refractivity contribution in [1.29, 1.82) is 5.26 Å². The molecule has 18 heavy (non-hydrogen) atoms. The van der Waals surface area contributed by atoms with Crippen molar-refractivity contribution >= 4 is 5.57 Å². The lowest BCUT2D eigenvalue weighted by atomic mass is 10.0. The Morgan fingerprint density at radius 2 is 1.78 bits per heavy atom. The standard InChI is InChI=1S/C16H12FN/c1-12(10-11-18)13-6-8-14(9-7-13)15-4-2-3-5-16(15)17/h2-10H,1H3/b12-10-. The van der Waals surface area contributed by atoms with Gasteiger partial charge in [0, 0.05) is 11.6 Å². The van der Waals surface area contributed by atoms with Gasteiger partial charge in [-0.1, -0.05) is 42.5 Å². The molecule has 0 atom stereocenters. The van der Waals surface area contributed by atoms with E-state index in [2.05, 4.69) is 0 Å². The van der Waals surface area contributed by atoms with Crippen LogP contribution in [0.4, 0.5) is 4.39 Å². The van der Waals surface area contributed by atoms with Gasteiger partial charge in [0.05, 0.1) is 6.07 Å². The lowest BCUT2D eigenvalue weighted by molar-refractivity contribution is 0.631. The molecule has 0 aliphatic rings. The minimum absolute atomic E-state index is 0.227. The first kappa shape index (κ1) is 12.1. The van der Waals surface area contributed by atoms with Crippen molar-refractivity contribution in [3.8, 4) is 17.2 Å². The van der Waals surface area contributed by atoms with Crippen molar-refractivity contribution in [3.63, 3.8) is 0 Å². The van der Waals surface area contributed by atoms with Crippen molar-refractivity contribution in [2.75, 3.05) is 0 Å². The van der Waals surface area contributed by atoms with E-state index in [1.165, 1.54) is 12.1 Å². The molecule has 0 radical (unpaired) electrons. The van der Waals surface area contributed by atoms with E-state index in [1.54, 1.807) is 12.1 Å². The van der Waals surface area contributed by atoms with E-state index in [-0.39, 0.29) is 5.82 Å². The maximum absolute atomic E-state index is 13.6. The Kier molecular flexibility index (Phi) is 3.54. The largest absolute Gasteiger partial charge is 0.206 e. The number of halogens is 1. The Balaban J connectivity index is 2.38. The minimum atomic E-state index is -0.227. The van der Waals surface area contributed by atoms with Crippen LogP contribution in [0.2, 0.25) is 0 Å². The highest BCUT2D eigenvalue weighted by atomic mass is 19.1. The van der Waals surface area contributed by atoms with Crippen LogP contribution >= 0.6 is 0 Å². The number of allylic oxidation sites excluding steroid dienone is 2. The minimum Gasteiger partial charge on any atom is -0.206 e. The fraction of sp³-hybridized carbons (Fsp3) is 0.0625. The Morgan fingerprint density at radius 3 is 2.39 bits per heavy atom. The molecule has 0 bridgehead atoms. The lowest BCUT2D eigenvalue weighted by Crippen LogP contribution is -1.85. The molecule has 0 aliphatic carbocycles. The molecule has 0 spiro atoms. The normalized spacial score (nSPS) is 11.1. The molecule has 0 unspecified atom stereocenters. The smallest absolute Gasteiger partial charge is 0.131 e. The number of rotatable bonds is 2. The van der Waals surface area contributed by atoms with Crippen LogP contribution in [0.15, 0.2) is 54.6 Å². The second-order valence-corrected chi connectivity index (χ2v) is 4.01. The number of nitriles is 1. The van der Waals surface area contributed by atoms with Gasteiger partial charge in [-0.05, 0) is 29.7 Å². The third kappa shape index (κ3) is 2.46. The molecule has 0 fully saturated rings. The third-order valence-corrected chi connectivity index (χ3v) is 2.81. The fourth-order valence-corrected chi connectivity index (χ4v) is 1.79. The van der Waals surface area contributed by atoms with Crippen molar-refractivity contribution < 1.29 is 4.39 Å². The summed E-state index contributed by atoms with van der Waals surface area (Å²) < 4.78 is 13.6.